The van der Waals surface area contributed by atoms with E-state index >= 15 is 0 Å². The van der Waals surface area contributed by atoms with Crippen molar-refractivity contribution in [1.82, 2.24) is 0 Å². The van der Waals surface area contributed by atoms with Gasteiger partial charge in [0.15, 0.2) is 5.96 Å². The Labute approximate surface area is 94.2 Å². The maximum absolute atomic E-state index is 13.3. The molecule has 0 saturated carbocycles. The lowest BCUT2D eigenvalue weighted by atomic mass is 10.1. The lowest BCUT2D eigenvalue weighted by molar-refractivity contribution is 0.558. The molecule has 0 aliphatic rings. The minimum atomic E-state index is -0.602. The average molecular weight is 229 g/mol. The molecular weight excluding hydrogens is 212 g/mol. The van der Waals surface area contributed by atoms with Gasteiger partial charge in [0.1, 0.15) is 11.6 Å². The maximum atomic E-state index is 13.3. The van der Waals surface area contributed by atoms with Crippen LogP contribution < -0.4 is 11.5 Å². The maximum Gasteiger partial charge on any atom is 0.186 e. The standard InChI is InChI=1S/C9H11F2N3.C2H6/c1-5-7(10)3-2-6(8(5)11)4-14-9(12)13;1-2/h2-3H,4H2,1H3,(H4,12,13,14);1-2H3. The van der Waals surface area contributed by atoms with Gasteiger partial charge >= 0.3 is 0 Å². The third-order valence-corrected chi connectivity index (χ3v) is 1.83. The van der Waals surface area contributed by atoms with Crippen molar-refractivity contribution in [3.05, 3.63) is 34.9 Å². The summed E-state index contributed by atoms with van der Waals surface area (Å²) in [7, 11) is 0. The number of hydrogen-bond donors (Lipinski definition) is 2. The second kappa shape index (κ2) is 6.76. The Hall–Kier alpha value is -1.65. The third kappa shape index (κ3) is 3.84. The summed E-state index contributed by atoms with van der Waals surface area (Å²) in [4.78, 5) is 3.64. The molecule has 1 aromatic carbocycles. The topological polar surface area (TPSA) is 64.4 Å². The molecule has 90 valence electrons. The number of aliphatic imine (C=N–C) groups is 1. The number of rotatable bonds is 2. The molecule has 0 fully saturated rings. The fourth-order valence-electron chi connectivity index (χ4n) is 1.02. The minimum Gasteiger partial charge on any atom is -0.370 e. The number of halogens is 2. The molecule has 0 bridgehead atoms. The molecule has 0 spiro atoms. The van der Waals surface area contributed by atoms with Crippen molar-refractivity contribution in [2.24, 2.45) is 16.5 Å². The van der Waals surface area contributed by atoms with Gasteiger partial charge in [0, 0.05) is 11.1 Å². The van der Waals surface area contributed by atoms with E-state index in [0.717, 1.165) is 0 Å². The molecule has 0 heterocycles. The number of guanidine groups is 1. The smallest absolute Gasteiger partial charge is 0.186 e. The highest BCUT2D eigenvalue weighted by molar-refractivity contribution is 5.75. The van der Waals surface area contributed by atoms with Crippen molar-refractivity contribution < 1.29 is 8.78 Å². The van der Waals surface area contributed by atoms with Crippen LogP contribution in [-0.4, -0.2) is 5.96 Å². The van der Waals surface area contributed by atoms with Crippen LogP contribution in [0.2, 0.25) is 0 Å². The number of hydrogen-bond acceptors (Lipinski definition) is 1. The molecule has 0 aliphatic heterocycles. The Kier molecular flexibility index (Phi) is 6.07. The van der Waals surface area contributed by atoms with E-state index in [1.54, 1.807) is 0 Å². The normalized spacial score (nSPS) is 9.06. The lowest BCUT2D eigenvalue weighted by Gasteiger charge is -2.03. The molecule has 16 heavy (non-hydrogen) atoms. The average Bonchev–Trinajstić information content (AvgIpc) is 2.27. The third-order valence-electron chi connectivity index (χ3n) is 1.83. The van der Waals surface area contributed by atoms with Gasteiger partial charge in [0.2, 0.25) is 0 Å². The second-order valence-corrected chi connectivity index (χ2v) is 2.89. The summed E-state index contributed by atoms with van der Waals surface area (Å²) in [6.07, 6.45) is 0. The van der Waals surface area contributed by atoms with Gasteiger partial charge in [0.25, 0.3) is 0 Å². The number of nitrogens with two attached hydrogens (primary N) is 2. The first-order chi connectivity index (χ1) is 7.52. The van der Waals surface area contributed by atoms with Crippen LogP contribution in [0.1, 0.15) is 25.0 Å². The van der Waals surface area contributed by atoms with E-state index in [1.807, 2.05) is 13.8 Å². The molecular formula is C11H17F2N3. The summed E-state index contributed by atoms with van der Waals surface area (Å²) in [6, 6.07) is 2.51. The zero-order valence-corrected chi connectivity index (χ0v) is 9.72. The summed E-state index contributed by atoms with van der Waals surface area (Å²) >= 11 is 0. The van der Waals surface area contributed by atoms with Crippen molar-refractivity contribution >= 4 is 5.96 Å². The van der Waals surface area contributed by atoms with Crippen LogP contribution in [0, 0.1) is 18.6 Å². The Bertz CT molecular complexity index is 372. The molecule has 4 N–H and O–H groups in total. The Balaban J connectivity index is 0.00000106. The Morgan fingerprint density at radius 2 is 1.81 bits per heavy atom. The van der Waals surface area contributed by atoms with Crippen LogP contribution in [0.4, 0.5) is 8.78 Å². The fourth-order valence-corrected chi connectivity index (χ4v) is 1.02. The molecule has 5 heteroatoms. The summed E-state index contributed by atoms with van der Waals surface area (Å²) in [5.41, 5.74) is 10.4. The van der Waals surface area contributed by atoms with Crippen molar-refractivity contribution in [1.29, 1.82) is 0 Å². The van der Waals surface area contributed by atoms with Crippen molar-refractivity contribution in [3.63, 3.8) is 0 Å². The quantitative estimate of drug-likeness (QED) is 0.602. The van der Waals surface area contributed by atoms with Gasteiger partial charge in [-0.25, -0.2) is 13.8 Å². The zero-order chi connectivity index (χ0) is 12.7. The Morgan fingerprint density at radius 3 is 2.31 bits per heavy atom. The van der Waals surface area contributed by atoms with Crippen molar-refractivity contribution in [2.75, 3.05) is 0 Å². The van der Waals surface area contributed by atoms with Gasteiger partial charge in [-0.3, -0.25) is 0 Å². The van der Waals surface area contributed by atoms with Crippen LogP contribution in [0.15, 0.2) is 17.1 Å². The van der Waals surface area contributed by atoms with Gasteiger partial charge in [-0.2, -0.15) is 0 Å². The fraction of sp³-hybridized carbons (Fsp3) is 0.364. The van der Waals surface area contributed by atoms with E-state index < -0.39 is 11.6 Å². The molecule has 0 amide bonds. The first-order valence-corrected chi connectivity index (χ1v) is 5.01. The van der Waals surface area contributed by atoms with Gasteiger partial charge in [-0.05, 0) is 13.0 Å². The van der Waals surface area contributed by atoms with Gasteiger partial charge in [-0.15, -0.1) is 0 Å². The van der Waals surface area contributed by atoms with Gasteiger partial charge in [-0.1, -0.05) is 19.9 Å². The van der Waals surface area contributed by atoms with E-state index in [2.05, 4.69) is 4.99 Å². The molecule has 0 atom stereocenters. The summed E-state index contributed by atoms with van der Waals surface area (Å²) in [5, 5.41) is 0. The first-order valence-electron chi connectivity index (χ1n) is 5.01. The molecule has 0 unspecified atom stereocenters. The second-order valence-electron chi connectivity index (χ2n) is 2.89. The largest absolute Gasteiger partial charge is 0.370 e. The first kappa shape index (κ1) is 14.3. The van der Waals surface area contributed by atoms with Crippen molar-refractivity contribution in [2.45, 2.75) is 27.3 Å². The predicted molar refractivity (Wildman–Crippen MR) is 62.0 cm³/mol. The van der Waals surface area contributed by atoms with Crippen LogP contribution in [0.25, 0.3) is 0 Å². The molecule has 0 saturated heterocycles. The SMILES string of the molecule is CC.Cc1c(F)ccc(CN=C(N)N)c1F. The highest BCUT2D eigenvalue weighted by atomic mass is 19.1. The number of nitrogens with zero attached hydrogens (tertiary/aromatic N) is 1. The summed E-state index contributed by atoms with van der Waals surface area (Å²) in [5.74, 6) is -1.29. The zero-order valence-electron chi connectivity index (χ0n) is 9.72. The molecule has 0 aliphatic carbocycles. The van der Waals surface area contributed by atoms with Gasteiger partial charge < -0.3 is 11.5 Å². The van der Waals surface area contributed by atoms with E-state index in [1.165, 1.54) is 19.1 Å². The summed E-state index contributed by atoms with van der Waals surface area (Å²) < 4.78 is 26.2. The van der Waals surface area contributed by atoms with Crippen LogP contribution in [0.5, 0.6) is 0 Å². The van der Waals surface area contributed by atoms with Gasteiger partial charge in [0.05, 0.1) is 6.54 Å². The molecule has 0 aromatic heterocycles. The lowest BCUT2D eigenvalue weighted by Crippen LogP contribution is -2.22. The van der Waals surface area contributed by atoms with E-state index in [0.29, 0.717) is 0 Å². The highest BCUT2D eigenvalue weighted by Gasteiger charge is 2.08. The van der Waals surface area contributed by atoms with E-state index in [-0.39, 0.29) is 23.6 Å². The minimum absolute atomic E-state index is 0.0201. The van der Waals surface area contributed by atoms with E-state index in [4.69, 9.17) is 11.5 Å². The van der Waals surface area contributed by atoms with Crippen LogP contribution >= 0.6 is 0 Å². The summed E-state index contributed by atoms with van der Waals surface area (Å²) in [6.45, 7) is 5.39. The number of benzene rings is 1. The molecule has 1 rings (SSSR count). The predicted octanol–water partition coefficient (Wildman–Crippen LogP) is 2.07. The van der Waals surface area contributed by atoms with Crippen LogP contribution in [-0.2, 0) is 6.54 Å². The molecule has 3 nitrogen and oxygen atoms in total. The molecule has 1 aromatic rings. The highest BCUT2D eigenvalue weighted by Crippen LogP contribution is 2.16. The van der Waals surface area contributed by atoms with Crippen LogP contribution in [0.3, 0.4) is 0 Å². The monoisotopic (exact) mass is 229 g/mol. The van der Waals surface area contributed by atoms with Crippen molar-refractivity contribution in [3.8, 4) is 0 Å². The Morgan fingerprint density at radius 1 is 1.25 bits per heavy atom. The van der Waals surface area contributed by atoms with E-state index in [9.17, 15) is 8.78 Å². The molecule has 0 radical (unpaired) electrons.